The van der Waals surface area contributed by atoms with Crippen LogP contribution in [0.5, 0.6) is 5.75 Å². The molecule has 0 aliphatic heterocycles. The number of carbonyl (C=O) groups is 1. The van der Waals surface area contributed by atoms with Gasteiger partial charge in [-0.15, -0.1) is 0 Å². The summed E-state index contributed by atoms with van der Waals surface area (Å²) in [5.74, 6) is 1.16. The van der Waals surface area contributed by atoms with Gasteiger partial charge in [-0.1, -0.05) is 33.8 Å². The van der Waals surface area contributed by atoms with E-state index in [-0.39, 0.29) is 11.2 Å². The van der Waals surface area contributed by atoms with Crippen molar-refractivity contribution in [1.82, 2.24) is 0 Å². The predicted octanol–water partition coefficient (Wildman–Crippen LogP) is 3.38. The van der Waals surface area contributed by atoms with Crippen LogP contribution in [0, 0.1) is 5.41 Å². The van der Waals surface area contributed by atoms with Crippen LogP contribution < -0.4 is 10.5 Å². The minimum Gasteiger partial charge on any atom is -0.496 e. The molecule has 106 valence electrons. The van der Waals surface area contributed by atoms with Gasteiger partial charge in [-0.3, -0.25) is 4.79 Å². The lowest BCUT2D eigenvalue weighted by Crippen LogP contribution is -2.26. The number of ether oxygens (including phenoxy) is 1. The van der Waals surface area contributed by atoms with Crippen molar-refractivity contribution in [2.45, 2.75) is 40.0 Å². The van der Waals surface area contributed by atoms with Crippen LogP contribution in [0.1, 0.15) is 56.0 Å². The fraction of sp³-hybridized carbons (Fsp3) is 0.562. The van der Waals surface area contributed by atoms with Crippen LogP contribution in [-0.4, -0.2) is 19.4 Å². The van der Waals surface area contributed by atoms with Gasteiger partial charge < -0.3 is 10.5 Å². The summed E-state index contributed by atoms with van der Waals surface area (Å²) in [6.45, 7) is 8.73. The molecule has 0 saturated heterocycles. The molecule has 0 amide bonds. The second-order valence-corrected chi connectivity index (χ2v) is 6.08. The van der Waals surface area contributed by atoms with E-state index in [1.807, 2.05) is 32.0 Å². The Labute approximate surface area is 116 Å². The van der Waals surface area contributed by atoms with Gasteiger partial charge in [0.1, 0.15) is 5.75 Å². The lowest BCUT2D eigenvalue weighted by atomic mass is 9.85. The van der Waals surface area contributed by atoms with E-state index in [0.717, 1.165) is 0 Å². The van der Waals surface area contributed by atoms with E-state index < -0.39 is 0 Å². The number of benzene rings is 1. The van der Waals surface area contributed by atoms with Crippen LogP contribution in [0.15, 0.2) is 18.2 Å². The van der Waals surface area contributed by atoms with Gasteiger partial charge in [-0.05, 0) is 35.6 Å². The molecule has 0 aliphatic rings. The molecule has 3 heteroatoms. The largest absolute Gasteiger partial charge is 0.496 e. The third-order valence-corrected chi connectivity index (χ3v) is 3.38. The van der Waals surface area contributed by atoms with E-state index in [1.54, 1.807) is 7.11 Å². The van der Waals surface area contributed by atoms with Crippen LogP contribution in [0.3, 0.4) is 0 Å². The van der Waals surface area contributed by atoms with Crippen LogP contribution in [0.4, 0.5) is 0 Å². The first-order chi connectivity index (χ1) is 8.80. The molecule has 0 spiro atoms. The molecule has 0 aromatic heterocycles. The van der Waals surface area contributed by atoms with E-state index in [0.29, 0.717) is 30.2 Å². The van der Waals surface area contributed by atoms with Gasteiger partial charge >= 0.3 is 0 Å². The minimum absolute atomic E-state index is 0.0857. The van der Waals surface area contributed by atoms with Gasteiger partial charge in [-0.25, -0.2) is 0 Å². The van der Waals surface area contributed by atoms with Crippen molar-refractivity contribution < 1.29 is 9.53 Å². The van der Waals surface area contributed by atoms with E-state index in [2.05, 4.69) is 13.8 Å². The standard InChI is InChI=1S/C16H25NO2/c1-11(2)12-6-7-13(15(8-12)19-5)14(18)9-16(3,4)10-17/h6-8,11H,9-10,17H2,1-5H3. The molecule has 0 bridgehead atoms. The van der Waals surface area contributed by atoms with Crippen molar-refractivity contribution in [1.29, 1.82) is 0 Å². The SMILES string of the molecule is COc1cc(C(C)C)ccc1C(=O)CC(C)(C)CN. The highest BCUT2D eigenvalue weighted by Gasteiger charge is 2.23. The van der Waals surface area contributed by atoms with E-state index >= 15 is 0 Å². The number of ketones is 1. The Balaban J connectivity index is 3.03. The van der Waals surface area contributed by atoms with Gasteiger partial charge in [0, 0.05) is 6.42 Å². The number of nitrogens with two attached hydrogens (primary N) is 1. The Kier molecular flexibility index (Phi) is 5.12. The van der Waals surface area contributed by atoms with Crippen molar-refractivity contribution >= 4 is 5.78 Å². The van der Waals surface area contributed by atoms with Crippen molar-refractivity contribution in [3.05, 3.63) is 29.3 Å². The molecule has 1 aromatic rings. The zero-order valence-corrected chi connectivity index (χ0v) is 12.6. The predicted molar refractivity (Wildman–Crippen MR) is 78.9 cm³/mol. The molecule has 0 unspecified atom stereocenters. The summed E-state index contributed by atoms with van der Waals surface area (Å²) >= 11 is 0. The Morgan fingerprint density at radius 1 is 1.37 bits per heavy atom. The maximum absolute atomic E-state index is 12.3. The lowest BCUT2D eigenvalue weighted by molar-refractivity contribution is 0.0932. The van der Waals surface area contributed by atoms with Crippen molar-refractivity contribution in [3.8, 4) is 5.75 Å². The molecule has 0 radical (unpaired) electrons. The normalized spacial score (nSPS) is 11.7. The number of hydrogen-bond donors (Lipinski definition) is 1. The Bertz CT molecular complexity index is 450. The second-order valence-electron chi connectivity index (χ2n) is 6.08. The first-order valence-electron chi connectivity index (χ1n) is 6.72. The number of Topliss-reactive ketones (excluding diaryl/α,β-unsaturated/α-hetero) is 1. The Morgan fingerprint density at radius 2 is 2.00 bits per heavy atom. The third-order valence-electron chi connectivity index (χ3n) is 3.38. The van der Waals surface area contributed by atoms with Gasteiger partial charge in [0.25, 0.3) is 0 Å². The molecule has 0 atom stereocenters. The molecule has 2 N–H and O–H groups in total. The van der Waals surface area contributed by atoms with Crippen LogP contribution in [0.25, 0.3) is 0 Å². The smallest absolute Gasteiger partial charge is 0.167 e. The van der Waals surface area contributed by atoms with E-state index in [9.17, 15) is 4.79 Å². The number of methoxy groups -OCH3 is 1. The minimum atomic E-state index is -0.182. The molecule has 19 heavy (non-hydrogen) atoms. The molecule has 0 aliphatic carbocycles. The van der Waals surface area contributed by atoms with Gasteiger partial charge in [0.2, 0.25) is 0 Å². The van der Waals surface area contributed by atoms with Crippen molar-refractivity contribution in [3.63, 3.8) is 0 Å². The fourth-order valence-corrected chi connectivity index (χ4v) is 1.90. The zero-order chi connectivity index (χ0) is 14.6. The molecule has 3 nitrogen and oxygen atoms in total. The number of rotatable bonds is 6. The molecular weight excluding hydrogens is 238 g/mol. The quantitative estimate of drug-likeness (QED) is 0.800. The third kappa shape index (κ3) is 4.06. The highest BCUT2D eigenvalue weighted by molar-refractivity contribution is 5.99. The maximum Gasteiger partial charge on any atom is 0.167 e. The summed E-state index contributed by atoms with van der Waals surface area (Å²) in [6, 6.07) is 5.81. The zero-order valence-electron chi connectivity index (χ0n) is 12.6. The van der Waals surface area contributed by atoms with Crippen LogP contribution >= 0.6 is 0 Å². The summed E-state index contributed by atoms with van der Waals surface area (Å²) in [5.41, 5.74) is 7.32. The second kappa shape index (κ2) is 6.20. The Hall–Kier alpha value is -1.35. The van der Waals surface area contributed by atoms with Crippen LogP contribution in [-0.2, 0) is 0 Å². The van der Waals surface area contributed by atoms with Crippen LogP contribution in [0.2, 0.25) is 0 Å². The summed E-state index contributed by atoms with van der Waals surface area (Å²) < 4.78 is 5.35. The van der Waals surface area contributed by atoms with Gasteiger partial charge in [0.15, 0.2) is 5.78 Å². The number of carbonyl (C=O) groups excluding carboxylic acids is 1. The average molecular weight is 263 g/mol. The average Bonchev–Trinajstić information content (AvgIpc) is 2.37. The first-order valence-corrected chi connectivity index (χ1v) is 6.72. The molecule has 0 saturated carbocycles. The molecule has 0 fully saturated rings. The molecular formula is C16H25NO2. The molecule has 1 aromatic carbocycles. The molecule has 1 rings (SSSR count). The van der Waals surface area contributed by atoms with Gasteiger partial charge in [0.05, 0.1) is 12.7 Å². The number of hydrogen-bond acceptors (Lipinski definition) is 3. The monoisotopic (exact) mass is 263 g/mol. The van der Waals surface area contributed by atoms with Gasteiger partial charge in [-0.2, -0.15) is 0 Å². The maximum atomic E-state index is 12.3. The summed E-state index contributed by atoms with van der Waals surface area (Å²) in [6.07, 6.45) is 0.431. The fourth-order valence-electron chi connectivity index (χ4n) is 1.90. The summed E-state index contributed by atoms with van der Waals surface area (Å²) in [4.78, 5) is 12.3. The van der Waals surface area contributed by atoms with Crippen molar-refractivity contribution in [2.24, 2.45) is 11.1 Å². The topological polar surface area (TPSA) is 52.3 Å². The van der Waals surface area contributed by atoms with E-state index in [4.69, 9.17) is 10.5 Å². The van der Waals surface area contributed by atoms with Crippen molar-refractivity contribution in [2.75, 3.05) is 13.7 Å². The molecule has 0 heterocycles. The first kappa shape index (κ1) is 15.7. The summed E-state index contributed by atoms with van der Waals surface area (Å²) in [5, 5.41) is 0. The van der Waals surface area contributed by atoms with E-state index in [1.165, 1.54) is 5.56 Å². The lowest BCUT2D eigenvalue weighted by Gasteiger charge is -2.22. The Morgan fingerprint density at radius 3 is 2.47 bits per heavy atom. The highest BCUT2D eigenvalue weighted by Crippen LogP contribution is 2.28. The summed E-state index contributed by atoms with van der Waals surface area (Å²) in [7, 11) is 1.60. The highest BCUT2D eigenvalue weighted by atomic mass is 16.5.